The van der Waals surface area contributed by atoms with E-state index in [1.54, 1.807) is 20.0 Å². The smallest absolute Gasteiger partial charge is 0.277 e. The fourth-order valence-electron chi connectivity index (χ4n) is 2.90. The van der Waals surface area contributed by atoms with Crippen LogP contribution in [0.25, 0.3) is 10.9 Å². The number of thioether (sulfide) groups is 1. The molecular weight excluding hydrogens is 393 g/mol. The third kappa shape index (κ3) is 4.17. The summed E-state index contributed by atoms with van der Waals surface area (Å²) in [6, 6.07) is 13.3. The van der Waals surface area contributed by atoms with Gasteiger partial charge in [0.2, 0.25) is 0 Å². The number of hydrogen-bond acceptors (Lipinski definition) is 6. The maximum Gasteiger partial charge on any atom is 0.277 e. The van der Waals surface area contributed by atoms with Crippen LogP contribution in [0, 0.1) is 5.82 Å². The van der Waals surface area contributed by atoms with Gasteiger partial charge in [-0.05, 0) is 44.2 Å². The highest BCUT2D eigenvalue weighted by atomic mass is 32.2. The number of Topliss-reactive ketones (excluding diaryl/α,β-unsaturated/α-hetero) is 1. The van der Waals surface area contributed by atoms with Gasteiger partial charge in [-0.2, -0.15) is 0 Å². The lowest BCUT2D eigenvalue weighted by molar-refractivity contribution is 0.0995. The van der Waals surface area contributed by atoms with Crippen molar-refractivity contribution in [2.45, 2.75) is 30.4 Å². The molecule has 4 rings (SSSR count). The van der Waals surface area contributed by atoms with Gasteiger partial charge in [0.05, 0.1) is 5.25 Å². The lowest BCUT2D eigenvalue weighted by Gasteiger charge is -2.10. The van der Waals surface area contributed by atoms with E-state index in [2.05, 4.69) is 15.2 Å². The average molecular weight is 411 g/mol. The molecule has 2 atom stereocenters. The topological polar surface area (TPSA) is 81.0 Å². The standard InChI is InChI=1S/C21H18FN3O3S/c1-12(27-15-9-7-14(22)8-10-15)20-24-25-21(28-20)29-13(2)19(26)17-11-23-18-6-4-3-5-16(17)18/h3-13,23H,1-2H3/t12-,13+/m1/s1. The first-order valence-electron chi connectivity index (χ1n) is 9.04. The summed E-state index contributed by atoms with van der Waals surface area (Å²) in [6.45, 7) is 3.56. The number of ketones is 1. The Morgan fingerprint density at radius 3 is 2.69 bits per heavy atom. The quantitative estimate of drug-likeness (QED) is 0.333. The molecule has 0 saturated carbocycles. The Hall–Kier alpha value is -3.13. The number of halogens is 1. The van der Waals surface area contributed by atoms with Crippen LogP contribution < -0.4 is 4.74 Å². The number of hydrogen-bond donors (Lipinski definition) is 1. The maximum absolute atomic E-state index is 13.0. The molecule has 2 heterocycles. The molecule has 2 aromatic heterocycles. The highest BCUT2D eigenvalue weighted by Crippen LogP contribution is 2.29. The number of H-pyrrole nitrogens is 1. The SMILES string of the molecule is C[C@H](Sc1nnc([C@@H](C)Oc2ccc(F)cc2)o1)C(=O)c1c[nH]c2ccccc12. The van der Waals surface area contributed by atoms with E-state index >= 15 is 0 Å². The summed E-state index contributed by atoms with van der Waals surface area (Å²) in [5.41, 5.74) is 1.55. The Balaban J connectivity index is 1.42. The highest BCUT2D eigenvalue weighted by Gasteiger charge is 2.23. The molecule has 0 aliphatic heterocycles. The first-order valence-corrected chi connectivity index (χ1v) is 9.92. The van der Waals surface area contributed by atoms with Crippen molar-refractivity contribution in [1.82, 2.24) is 15.2 Å². The van der Waals surface area contributed by atoms with Crippen LogP contribution in [0.2, 0.25) is 0 Å². The Morgan fingerprint density at radius 1 is 1.14 bits per heavy atom. The van der Waals surface area contributed by atoms with E-state index in [1.807, 2.05) is 24.3 Å². The number of para-hydroxylation sites is 1. The Morgan fingerprint density at radius 2 is 1.90 bits per heavy atom. The Bertz CT molecular complexity index is 1140. The summed E-state index contributed by atoms with van der Waals surface area (Å²) in [6.07, 6.45) is 1.21. The predicted octanol–water partition coefficient (Wildman–Crippen LogP) is 5.19. The van der Waals surface area contributed by atoms with Gasteiger partial charge in [-0.25, -0.2) is 4.39 Å². The number of rotatable bonds is 7. The molecule has 8 heteroatoms. The van der Waals surface area contributed by atoms with Gasteiger partial charge < -0.3 is 14.1 Å². The molecule has 0 radical (unpaired) electrons. The molecule has 1 N–H and O–H groups in total. The second-order valence-electron chi connectivity index (χ2n) is 6.49. The molecule has 4 aromatic rings. The fourth-order valence-corrected chi connectivity index (χ4v) is 3.66. The zero-order valence-electron chi connectivity index (χ0n) is 15.8. The number of aromatic nitrogens is 3. The average Bonchev–Trinajstić information content (AvgIpc) is 3.36. The fraction of sp³-hybridized carbons (Fsp3) is 0.190. The van der Waals surface area contributed by atoms with Crippen LogP contribution in [0.5, 0.6) is 5.75 Å². The summed E-state index contributed by atoms with van der Waals surface area (Å²) in [7, 11) is 0. The van der Waals surface area contributed by atoms with Crippen LogP contribution in [-0.4, -0.2) is 26.2 Å². The third-order valence-corrected chi connectivity index (χ3v) is 5.33. The van der Waals surface area contributed by atoms with Crippen LogP contribution in [-0.2, 0) is 0 Å². The molecule has 2 aromatic carbocycles. The van der Waals surface area contributed by atoms with Gasteiger partial charge in [0, 0.05) is 22.7 Å². The number of nitrogens with one attached hydrogen (secondary N) is 1. The molecule has 0 amide bonds. The molecule has 6 nitrogen and oxygen atoms in total. The first kappa shape index (κ1) is 19.2. The van der Waals surface area contributed by atoms with E-state index in [-0.39, 0.29) is 22.7 Å². The van der Waals surface area contributed by atoms with Crippen molar-refractivity contribution in [3.63, 3.8) is 0 Å². The molecule has 0 aliphatic carbocycles. The second kappa shape index (κ2) is 8.08. The number of carbonyl (C=O) groups excluding carboxylic acids is 1. The monoisotopic (exact) mass is 411 g/mol. The van der Waals surface area contributed by atoms with E-state index in [0.717, 1.165) is 10.9 Å². The van der Waals surface area contributed by atoms with E-state index in [9.17, 15) is 9.18 Å². The van der Waals surface area contributed by atoms with Gasteiger partial charge in [-0.15, -0.1) is 10.2 Å². The lowest BCUT2D eigenvalue weighted by Crippen LogP contribution is -2.13. The lowest BCUT2D eigenvalue weighted by atomic mass is 10.1. The molecule has 0 spiro atoms. The molecule has 0 fully saturated rings. The van der Waals surface area contributed by atoms with E-state index in [1.165, 1.54) is 36.0 Å². The second-order valence-corrected chi connectivity index (χ2v) is 7.78. The molecular formula is C21H18FN3O3S. The largest absolute Gasteiger partial charge is 0.481 e. The zero-order chi connectivity index (χ0) is 20.4. The van der Waals surface area contributed by atoms with E-state index in [0.29, 0.717) is 11.3 Å². The van der Waals surface area contributed by atoms with Crippen LogP contribution >= 0.6 is 11.8 Å². The number of fused-ring (bicyclic) bond motifs is 1. The van der Waals surface area contributed by atoms with Crippen LogP contribution in [0.15, 0.2) is 64.4 Å². The normalized spacial score (nSPS) is 13.3. The van der Waals surface area contributed by atoms with Gasteiger partial charge in [-0.1, -0.05) is 30.0 Å². The van der Waals surface area contributed by atoms with Crippen molar-refractivity contribution < 1.29 is 18.3 Å². The highest BCUT2D eigenvalue weighted by molar-refractivity contribution is 8.00. The molecule has 0 unspecified atom stereocenters. The summed E-state index contributed by atoms with van der Waals surface area (Å²) in [4.78, 5) is 16.0. The minimum absolute atomic E-state index is 0.0252. The molecule has 0 saturated heterocycles. The summed E-state index contributed by atoms with van der Waals surface area (Å²) in [5, 5.41) is 8.77. The van der Waals surface area contributed by atoms with Gasteiger partial charge in [-0.3, -0.25) is 4.79 Å². The summed E-state index contributed by atoms with van der Waals surface area (Å²) >= 11 is 1.20. The van der Waals surface area contributed by atoms with Crippen molar-refractivity contribution in [2.24, 2.45) is 0 Å². The number of carbonyl (C=O) groups is 1. The minimum Gasteiger partial charge on any atom is -0.481 e. The Kier molecular flexibility index (Phi) is 5.35. The molecule has 29 heavy (non-hydrogen) atoms. The van der Waals surface area contributed by atoms with Crippen LogP contribution in [0.1, 0.15) is 36.2 Å². The molecule has 0 bridgehead atoms. The van der Waals surface area contributed by atoms with Gasteiger partial charge in [0.15, 0.2) is 11.9 Å². The number of nitrogens with zero attached hydrogens (tertiary/aromatic N) is 2. The van der Waals surface area contributed by atoms with Gasteiger partial charge in [0.1, 0.15) is 11.6 Å². The zero-order valence-corrected chi connectivity index (χ0v) is 16.6. The third-order valence-electron chi connectivity index (χ3n) is 4.40. The maximum atomic E-state index is 13.0. The summed E-state index contributed by atoms with van der Waals surface area (Å²) in [5.74, 6) is 0.413. The predicted molar refractivity (Wildman–Crippen MR) is 108 cm³/mol. The van der Waals surface area contributed by atoms with Crippen molar-refractivity contribution >= 4 is 28.4 Å². The van der Waals surface area contributed by atoms with Crippen molar-refractivity contribution in [1.29, 1.82) is 0 Å². The number of benzene rings is 2. The van der Waals surface area contributed by atoms with Crippen molar-refractivity contribution in [2.75, 3.05) is 0 Å². The van der Waals surface area contributed by atoms with Crippen LogP contribution in [0.4, 0.5) is 4.39 Å². The van der Waals surface area contributed by atoms with Crippen molar-refractivity contribution in [3.8, 4) is 5.75 Å². The van der Waals surface area contributed by atoms with Gasteiger partial charge >= 0.3 is 0 Å². The van der Waals surface area contributed by atoms with Crippen molar-refractivity contribution in [3.05, 3.63) is 72.0 Å². The van der Waals surface area contributed by atoms with Gasteiger partial charge in [0.25, 0.3) is 11.1 Å². The molecule has 0 aliphatic rings. The van der Waals surface area contributed by atoms with E-state index < -0.39 is 11.4 Å². The number of aromatic amines is 1. The Labute approximate surface area is 170 Å². The minimum atomic E-state index is -0.512. The molecule has 148 valence electrons. The van der Waals surface area contributed by atoms with E-state index in [4.69, 9.17) is 9.15 Å². The number of ether oxygens (including phenoxy) is 1. The summed E-state index contributed by atoms with van der Waals surface area (Å²) < 4.78 is 24.3. The first-order chi connectivity index (χ1) is 14.0. The van der Waals surface area contributed by atoms with Crippen LogP contribution in [0.3, 0.4) is 0 Å².